The second-order valence-electron chi connectivity index (χ2n) is 4.42. The van der Waals surface area contributed by atoms with Gasteiger partial charge in [-0.05, 0) is 25.7 Å². The smallest absolute Gasteiger partial charge is 0.396 e. The lowest BCUT2D eigenvalue weighted by Crippen LogP contribution is -2.41. The number of hydrogen-bond donors (Lipinski definition) is 1. The van der Waals surface area contributed by atoms with E-state index in [0.717, 1.165) is 19.3 Å². The van der Waals surface area contributed by atoms with Crippen LogP contribution in [0.1, 0.15) is 25.7 Å². The van der Waals surface area contributed by atoms with E-state index in [1.807, 2.05) is 0 Å². The van der Waals surface area contributed by atoms with Crippen LogP contribution in [0.15, 0.2) is 0 Å². The second kappa shape index (κ2) is 7.18. The zero-order valence-corrected chi connectivity index (χ0v) is 9.88. The lowest BCUT2D eigenvalue weighted by Gasteiger charge is -2.30. The van der Waals surface area contributed by atoms with Gasteiger partial charge in [-0.3, -0.25) is 4.90 Å². The Kier molecular flexibility index (Phi) is 6.22. The van der Waals surface area contributed by atoms with Gasteiger partial charge in [-0.2, -0.15) is 13.2 Å². The van der Waals surface area contributed by atoms with Crippen molar-refractivity contribution in [3.05, 3.63) is 0 Å². The van der Waals surface area contributed by atoms with E-state index in [9.17, 15) is 13.2 Å². The molecule has 1 fully saturated rings. The molecule has 0 aromatic rings. The standard InChI is InChI=1S/C11H20F3NO2/c12-11(13,14)9-15(5-3-6-16)8-10-4-1-2-7-17-10/h10,16H,1-9H2. The molecule has 1 heterocycles. The third-order valence-electron chi connectivity index (χ3n) is 2.77. The van der Waals surface area contributed by atoms with Crippen molar-refractivity contribution in [2.75, 3.05) is 32.8 Å². The third-order valence-corrected chi connectivity index (χ3v) is 2.77. The molecule has 1 aliphatic heterocycles. The Labute approximate surface area is 99.5 Å². The summed E-state index contributed by atoms with van der Waals surface area (Å²) in [6.07, 6.45) is -1.08. The van der Waals surface area contributed by atoms with E-state index < -0.39 is 12.7 Å². The molecule has 0 amide bonds. The van der Waals surface area contributed by atoms with Gasteiger partial charge in [0.15, 0.2) is 0 Å². The first kappa shape index (κ1) is 14.7. The third kappa shape index (κ3) is 6.85. The maximum Gasteiger partial charge on any atom is 0.401 e. The molecule has 1 aliphatic rings. The highest BCUT2D eigenvalue weighted by Crippen LogP contribution is 2.19. The van der Waals surface area contributed by atoms with Crippen molar-refractivity contribution in [1.29, 1.82) is 0 Å². The highest BCUT2D eigenvalue weighted by Gasteiger charge is 2.31. The van der Waals surface area contributed by atoms with Gasteiger partial charge in [0, 0.05) is 26.3 Å². The quantitative estimate of drug-likeness (QED) is 0.785. The van der Waals surface area contributed by atoms with Gasteiger partial charge in [-0.25, -0.2) is 0 Å². The fourth-order valence-corrected chi connectivity index (χ4v) is 2.02. The molecule has 0 bridgehead atoms. The molecule has 0 spiro atoms. The normalized spacial score (nSPS) is 22.1. The largest absolute Gasteiger partial charge is 0.401 e. The number of halogens is 3. The summed E-state index contributed by atoms with van der Waals surface area (Å²) in [6.45, 7) is 0.201. The molecule has 3 nitrogen and oxygen atoms in total. The number of aliphatic hydroxyl groups excluding tert-OH is 1. The summed E-state index contributed by atoms with van der Waals surface area (Å²) in [5.41, 5.74) is 0. The first-order chi connectivity index (χ1) is 8.01. The van der Waals surface area contributed by atoms with Crippen molar-refractivity contribution in [2.45, 2.75) is 38.0 Å². The van der Waals surface area contributed by atoms with Crippen LogP contribution in [0, 0.1) is 0 Å². The van der Waals surface area contributed by atoms with Gasteiger partial charge < -0.3 is 9.84 Å². The topological polar surface area (TPSA) is 32.7 Å². The van der Waals surface area contributed by atoms with E-state index in [4.69, 9.17) is 9.84 Å². The van der Waals surface area contributed by atoms with E-state index in [2.05, 4.69) is 0 Å². The molecule has 102 valence electrons. The summed E-state index contributed by atoms with van der Waals surface area (Å²) in [6, 6.07) is 0. The summed E-state index contributed by atoms with van der Waals surface area (Å²) in [5, 5.41) is 8.68. The van der Waals surface area contributed by atoms with Gasteiger partial charge >= 0.3 is 6.18 Å². The lowest BCUT2D eigenvalue weighted by atomic mass is 10.1. The zero-order valence-electron chi connectivity index (χ0n) is 9.88. The second-order valence-corrected chi connectivity index (χ2v) is 4.42. The van der Waals surface area contributed by atoms with Crippen molar-refractivity contribution in [1.82, 2.24) is 4.90 Å². The van der Waals surface area contributed by atoms with Gasteiger partial charge in [0.25, 0.3) is 0 Å². The zero-order chi connectivity index (χ0) is 12.7. The van der Waals surface area contributed by atoms with Crippen LogP contribution in [0.2, 0.25) is 0 Å². The molecule has 0 saturated carbocycles. The molecule has 1 rings (SSSR count). The van der Waals surface area contributed by atoms with Gasteiger partial charge in [0.2, 0.25) is 0 Å². The Morgan fingerprint density at radius 1 is 1.29 bits per heavy atom. The summed E-state index contributed by atoms with van der Waals surface area (Å²) in [5.74, 6) is 0. The number of aliphatic hydroxyl groups is 1. The van der Waals surface area contributed by atoms with E-state index in [0.29, 0.717) is 19.6 Å². The molecule has 0 aliphatic carbocycles. The van der Waals surface area contributed by atoms with E-state index >= 15 is 0 Å². The maximum atomic E-state index is 12.3. The monoisotopic (exact) mass is 255 g/mol. The van der Waals surface area contributed by atoms with Crippen LogP contribution in [-0.4, -0.2) is 55.1 Å². The molecular formula is C11H20F3NO2. The first-order valence-corrected chi connectivity index (χ1v) is 6.03. The minimum atomic E-state index is -4.19. The van der Waals surface area contributed by atoms with Crippen LogP contribution in [0.5, 0.6) is 0 Å². The molecule has 1 atom stereocenters. The predicted octanol–water partition coefficient (Wildman–Crippen LogP) is 1.80. The molecule has 0 aromatic carbocycles. The van der Waals surface area contributed by atoms with Crippen LogP contribution in [0.3, 0.4) is 0 Å². The van der Waals surface area contributed by atoms with Crippen LogP contribution in [-0.2, 0) is 4.74 Å². The molecule has 17 heavy (non-hydrogen) atoms. The molecule has 1 saturated heterocycles. The van der Waals surface area contributed by atoms with Crippen molar-refractivity contribution < 1.29 is 23.0 Å². The highest BCUT2D eigenvalue weighted by atomic mass is 19.4. The van der Waals surface area contributed by atoms with Gasteiger partial charge in [-0.15, -0.1) is 0 Å². The number of ether oxygens (including phenoxy) is 1. The van der Waals surface area contributed by atoms with Crippen molar-refractivity contribution in [3.8, 4) is 0 Å². The van der Waals surface area contributed by atoms with E-state index in [1.165, 1.54) is 4.90 Å². The van der Waals surface area contributed by atoms with Gasteiger partial charge in [0.05, 0.1) is 12.6 Å². The molecule has 1 N–H and O–H groups in total. The molecule has 1 unspecified atom stereocenters. The van der Waals surface area contributed by atoms with Gasteiger partial charge in [0.1, 0.15) is 0 Å². The van der Waals surface area contributed by atoms with Crippen LogP contribution in [0.4, 0.5) is 13.2 Å². The Morgan fingerprint density at radius 3 is 2.59 bits per heavy atom. The average molecular weight is 255 g/mol. The highest BCUT2D eigenvalue weighted by molar-refractivity contribution is 4.71. The molecule has 0 radical (unpaired) electrons. The Morgan fingerprint density at radius 2 is 2.06 bits per heavy atom. The summed E-state index contributed by atoms with van der Waals surface area (Å²) < 4.78 is 42.5. The minimum absolute atomic E-state index is 0.0835. The van der Waals surface area contributed by atoms with E-state index in [-0.39, 0.29) is 19.3 Å². The average Bonchev–Trinajstić information content (AvgIpc) is 2.25. The maximum absolute atomic E-state index is 12.3. The molecular weight excluding hydrogens is 235 g/mol. The fraction of sp³-hybridized carbons (Fsp3) is 1.00. The number of alkyl halides is 3. The van der Waals surface area contributed by atoms with Gasteiger partial charge in [-0.1, -0.05) is 0 Å². The van der Waals surface area contributed by atoms with Crippen LogP contribution < -0.4 is 0 Å². The number of rotatable bonds is 6. The Balaban J connectivity index is 2.38. The Bertz CT molecular complexity index is 205. The van der Waals surface area contributed by atoms with Crippen LogP contribution in [0.25, 0.3) is 0 Å². The Hall–Kier alpha value is -0.330. The number of hydrogen-bond acceptors (Lipinski definition) is 3. The summed E-state index contributed by atoms with van der Waals surface area (Å²) >= 11 is 0. The van der Waals surface area contributed by atoms with E-state index in [1.54, 1.807) is 0 Å². The van der Waals surface area contributed by atoms with Crippen molar-refractivity contribution in [3.63, 3.8) is 0 Å². The molecule has 6 heteroatoms. The first-order valence-electron chi connectivity index (χ1n) is 6.03. The summed E-state index contributed by atoms with van der Waals surface area (Å²) in [7, 11) is 0. The SMILES string of the molecule is OCCCN(CC1CCCCO1)CC(F)(F)F. The van der Waals surface area contributed by atoms with Crippen molar-refractivity contribution in [2.24, 2.45) is 0 Å². The summed E-state index contributed by atoms with van der Waals surface area (Å²) in [4.78, 5) is 1.33. The van der Waals surface area contributed by atoms with Crippen LogP contribution >= 0.6 is 0 Å². The molecule has 0 aromatic heterocycles. The predicted molar refractivity (Wildman–Crippen MR) is 57.8 cm³/mol. The lowest BCUT2D eigenvalue weighted by molar-refractivity contribution is -0.151. The fourth-order valence-electron chi connectivity index (χ4n) is 2.02. The minimum Gasteiger partial charge on any atom is -0.396 e. The van der Waals surface area contributed by atoms with Crippen molar-refractivity contribution >= 4 is 0 Å². The number of nitrogens with zero attached hydrogens (tertiary/aromatic N) is 1.